The molecule has 0 radical (unpaired) electrons. The second-order valence-corrected chi connectivity index (χ2v) is 8.72. The van der Waals surface area contributed by atoms with Crippen LogP contribution in [0.5, 0.6) is 0 Å². The highest BCUT2D eigenvalue weighted by atomic mass is 14.4. The monoisotopic (exact) mass is 352 g/mol. The zero-order chi connectivity index (χ0) is 18.8. The van der Waals surface area contributed by atoms with Crippen LogP contribution >= 0.6 is 0 Å². The van der Waals surface area contributed by atoms with E-state index >= 15 is 0 Å². The van der Waals surface area contributed by atoms with Crippen LogP contribution in [0.3, 0.4) is 0 Å². The molecule has 1 atom stereocenters. The molecule has 0 rings (SSSR count). The minimum Gasteiger partial charge on any atom is -0.0654 e. The Kier molecular flexibility index (Phi) is 17.4. The summed E-state index contributed by atoms with van der Waals surface area (Å²) in [5, 5.41) is 0. The molecule has 25 heavy (non-hydrogen) atoms. The van der Waals surface area contributed by atoms with Crippen LogP contribution in [0, 0.1) is 11.3 Å². The number of rotatable bonds is 19. The molecular formula is C25H52. The van der Waals surface area contributed by atoms with E-state index in [0.29, 0.717) is 5.41 Å². The molecule has 0 nitrogen and oxygen atoms in total. The lowest BCUT2D eigenvalue weighted by Crippen LogP contribution is -2.31. The Morgan fingerprint density at radius 3 is 1.32 bits per heavy atom. The first kappa shape index (κ1) is 25.0. The standard InChI is InChI=1S/C25H52/c1-6-11-15-16-17-18-20-24(19-10-5)25(21-12-7-2,22-13-8-3)23-14-9-4/h24H,6-23H2,1-5H3. The van der Waals surface area contributed by atoms with Gasteiger partial charge in [-0.05, 0) is 37.0 Å². The minimum atomic E-state index is 0.668. The second kappa shape index (κ2) is 17.4. The van der Waals surface area contributed by atoms with Gasteiger partial charge in [0, 0.05) is 0 Å². The molecule has 0 fully saturated rings. The summed E-state index contributed by atoms with van der Waals surface area (Å²) in [4.78, 5) is 0. The largest absolute Gasteiger partial charge is 0.0654 e. The van der Waals surface area contributed by atoms with E-state index in [1.54, 1.807) is 0 Å². The van der Waals surface area contributed by atoms with Crippen LogP contribution in [0.1, 0.15) is 150 Å². The molecule has 0 heteroatoms. The molecule has 0 aliphatic rings. The highest BCUT2D eigenvalue weighted by Crippen LogP contribution is 2.47. The van der Waals surface area contributed by atoms with Crippen LogP contribution in [0.15, 0.2) is 0 Å². The minimum absolute atomic E-state index is 0.668. The van der Waals surface area contributed by atoms with E-state index < -0.39 is 0 Å². The Morgan fingerprint density at radius 2 is 0.880 bits per heavy atom. The molecule has 0 aromatic carbocycles. The molecule has 0 amide bonds. The molecule has 152 valence electrons. The summed E-state index contributed by atoms with van der Waals surface area (Å²) >= 11 is 0. The predicted molar refractivity (Wildman–Crippen MR) is 117 cm³/mol. The molecule has 0 heterocycles. The van der Waals surface area contributed by atoms with Crippen LogP contribution in [0.4, 0.5) is 0 Å². The average molecular weight is 353 g/mol. The number of unbranched alkanes of at least 4 members (excludes halogenated alkanes) is 8. The van der Waals surface area contributed by atoms with Gasteiger partial charge in [-0.1, -0.05) is 125 Å². The SMILES string of the molecule is CCCCCCCCC(CCC)C(CCCC)(CCCC)CCCC. The van der Waals surface area contributed by atoms with Crippen molar-refractivity contribution in [3.63, 3.8) is 0 Å². The molecule has 1 unspecified atom stereocenters. The zero-order valence-corrected chi connectivity index (χ0v) is 18.8. The van der Waals surface area contributed by atoms with Crippen LogP contribution < -0.4 is 0 Å². The lowest BCUT2D eigenvalue weighted by Gasteiger charge is -2.42. The molecule has 0 spiro atoms. The Labute approximate surface area is 161 Å². The van der Waals surface area contributed by atoms with Crippen molar-refractivity contribution >= 4 is 0 Å². The first-order valence-corrected chi connectivity index (χ1v) is 12.2. The van der Waals surface area contributed by atoms with Gasteiger partial charge in [-0.3, -0.25) is 0 Å². The van der Waals surface area contributed by atoms with Gasteiger partial charge in [-0.15, -0.1) is 0 Å². The maximum Gasteiger partial charge on any atom is -0.0269 e. The van der Waals surface area contributed by atoms with Gasteiger partial charge < -0.3 is 0 Å². The number of hydrogen-bond acceptors (Lipinski definition) is 0. The third-order valence-electron chi connectivity index (χ3n) is 6.49. The van der Waals surface area contributed by atoms with Crippen molar-refractivity contribution < 1.29 is 0 Å². The van der Waals surface area contributed by atoms with Gasteiger partial charge in [0.2, 0.25) is 0 Å². The summed E-state index contributed by atoms with van der Waals surface area (Å²) in [6, 6.07) is 0. The normalized spacial score (nSPS) is 13.3. The molecule has 0 aliphatic heterocycles. The fourth-order valence-electron chi connectivity index (χ4n) is 4.85. The average Bonchev–Trinajstić information content (AvgIpc) is 2.63. The lowest BCUT2D eigenvalue weighted by atomic mass is 9.63. The van der Waals surface area contributed by atoms with Gasteiger partial charge in [-0.2, -0.15) is 0 Å². The third kappa shape index (κ3) is 11.3. The Balaban J connectivity index is 4.88. The maximum atomic E-state index is 2.42. The fraction of sp³-hybridized carbons (Fsp3) is 1.00. The van der Waals surface area contributed by atoms with Crippen LogP contribution in [-0.4, -0.2) is 0 Å². The van der Waals surface area contributed by atoms with Gasteiger partial charge in [0.05, 0.1) is 0 Å². The highest BCUT2D eigenvalue weighted by Gasteiger charge is 2.35. The second-order valence-electron chi connectivity index (χ2n) is 8.72. The van der Waals surface area contributed by atoms with Crippen molar-refractivity contribution in [3.05, 3.63) is 0 Å². The van der Waals surface area contributed by atoms with Gasteiger partial charge >= 0.3 is 0 Å². The van der Waals surface area contributed by atoms with Crippen LogP contribution in [-0.2, 0) is 0 Å². The summed E-state index contributed by atoms with van der Waals surface area (Å²) in [5.41, 5.74) is 0.668. The van der Waals surface area contributed by atoms with Crippen molar-refractivity contribution in [3.8, 4) is 0 Å². The quantitative estimate of drug-likeness (QED) is 0.203. The van der Waals surface area contributed by atoms with Crippen molar-refractivity contribution in [2.24, 2.45) is 11.3 Å². The summed E-state index contributed by atoms with van der Waals surface area (Å²) in [6.45, 7) is 11.9. The van der Waals surface area contributed by atoms with Gasteiger partial charge in [0.25, 0.3) is 0 Å². The molecule has 0 bridgehead atoms. The molecule has 0 aliphatic carbocycles. The molecular weight excluding hydrogens is 300 g/mol. The van der Waals surface area contributed by atoms with E-state index in [0.717, 1.165) is 5.92 Å². The van der Waals surface area contributed by atoms with E-state index in [2.05, 4.69) is 34.6 Å². The summed E-state index contributed by atoms with van der Waals surface area (Å²) < 4.78 is 0. The molecule has 0 aromatic heterocycles. The first-order chi connectivity index (χ1) is 12.2. The summed E-state index contributed by atoms with van der Waals surface area (Å²) in [5.74, 6) is 0.994. The van der Waals surface area contributed by atoms with Gasteiger partial charge in [0.15, 0.2) is 0 Å². The predicted octanol–water partition coefficient (Wildman–Crippen LogP) is 9.71. The van der Waals surface area contributed by atoms with E-state index in [1.807, 2.05) is 0 Å². The van der Waals surface area contributed by atoms with Gasteiger partial charge in [-0.25, -0.2) is 0 Å². The van der Waals surface area contributed by atoms with E-state index in [9.17, 15) is 0 Å². The van der Waals surface area contributed by atoms with Crippen molar-refractivity contribution in [2.45, 2.75) is 150 Å². The van der Waals surface area contributed by atoms with Crippen molar-refractivity contribution in [1.82, 2.24) is 0 Å². The van der Waals surface area contributed by atoms with E-state index in [4.69, 9.17) is 0 Å². The Morgan fingerprint density at radius 1 is 0.440 bits per heavy atom. The summed E-state index contributed by atoms with van der Waals surface area (Å²) in [7, 11) is 0. The van der Waals surface area contributed by atoms with E-state index in [1.165, 1.54) is 116 Å². The van der Waals surface area contributed by atoms with Gasteiger partial charge in [0.1, 0.15) is 0 Å². The maximum absolute atomic E-state index is 2.42. The number of hydrogen-bond donors (Lipinski definition) is 0. The van der Waals surface area contributed by atoms with Crippen molar-refractivity contribution in [2.75, 3.05) is 0 Å². The molecule has 0 aromatic rings. The summed E-state index contributed by atoms with van der Waals surface area (Å²) in [6.07, 6.45) is 26.0. The van der Waals surface area contributed by atoms with Crippen LogP contribution in [0.25, 0.3) is 0 Å². The first-order valence-electron chi connectivity index (χ1n) is 12.2. The molecule has 0 saturated heterocycles. The molecule has 0 saturated carbocycles. The molecule has 0 N–H and O–H groups in total. The lowest BCUT2D eigenvalue weighted by molar-refractivity contribution is 0.0850. The Bertz CT molecular complexity index is 233. The van der Waals surface area contributed by atoms with Crippen LogP contribution in [0.2, 0.25) is 0 Å². The Hall–Kier alpha value is 0. The zero-order valence-electron chi connectivity index (χ0n) is 18.8. The van der Waals surface area contributed by atoms with Crippen molar-refractivity contribution in [1.29, 1.82) is 0 Å². The van der Waals surface area contributed by atoms with E-state index in [-0.39, 0.29) is 0 Å². The topological polar surface area (TPSA) is 0 Å². The third-order valence-corrected chi connectivity index (χ3v) is 6.49. The smallest absolute Gasteiger partial charge is 0.0269 e. The highest BCUT2D eigenvalue weighted by molar-refractivity contribution is 4.86. The fourth-order valence-corrected chi connectivity index (χ4v) is 4.85.